The van der Waals surface area contributed by atoms with Crippen LogP contribution >= 0.6 is 34.9 Å². The Labute approximate surface area is 186 Å². The number of nitrogens with zero attached hydrogens (tertiary/aromatic N) is 5. The molecule has 0 amide bonds. The first kappa shape index (κ1) is 20.4. The van der Waals surface area contributed by atoms with E-state index in [1.807, 2.05) is 10.6 Å². The number of alkyl halides is 2. The topological polar surface area (TPSA) is 58.3 Å². The summed E-state index contributed by atoms with van der Waals surface area (Å²) in [5.74, 6) is 0.442. The molecule has 3 aromatic rings. The summed E-state index contributed by atoms with van der Waals surface area (Å²) in [5.41, 5.74) is 1.97. The van der Waals surface area contributed by atoms with E-state index in [9.17, 15) is 8.78 Å². The van der Waals surface area contributed by atoms with E-state index < -0.39 is 6.43 Å². The first-order valence-corrected chi connectivity index (χ1v) is 12.0. The van der Waals surface area contributed by atoms with Crippen molar-refractivity contribution in [2.24, 2.45) is 0 Å². The molecule has 2 fully saturated rings. The molecule has 30 heavy (non-hydrogen) atoms. The Morgan fingerprint density at radius 2 is 2.00 bits per heavy atom. The average Bonchev–Trinajstić information content (AvgIpc) is 3.14. The monoisotopic (exact) mass is 470 g/mol. The summed E-state index contributed by atoms with van der Waals surface area (Å²) in [6, 6.07) is 2.14. The lowest BCUT2D eigenvalue weighted by Gasteiger charge is -2.30. The number of halogens is 3. The van der Waals surface area contributed by atoms with E-state index in [-0.39, 0.29) is 10.5 Å². The third-order valence-corrected chi connectivity index (χ3v) is 7.82. The Morgan fingerprint density at radius 1 is 1.23 bits per heavy atom. The zero-order valence-electron chi connectivity index (χ0n) is 16.4. The first-order chi connectivity index (χ1) is 14.4. The maximum atomic E-state index is 13.0. The SMILES string of the molecule is CC1(NSc2cc(N3CCCCC3)c3c(Cl)nc(-c4nnc(C(F)F)s4)n3c2)CC1. The number of hydrogen-bond acceptors (Lipinski definition) is 7. The second-order valence-electron chi connectivity index (χ2n) is 8.06. The molecule has 11 heteroatoms. The quantitative estimate of drug-likeness (QED) is 0.474. The van der Waals surface area contributed by atoms with Crippen LogP contribution in [0.25, 0.3) is 16.3 Å². The van der Waals surface area contributed by atoms with Crippen LogP contribution < -0.4 is 9.62 Å². The fourth-order valence-electron chi connectivity index (χ4n) is 3.59. The van der Waals surface area contributed by atoms with Crippen LogP contribution in [-0.4, -0.2) is 38.2 Å². The van der Waals surface area contributed by atoms with Gasteiger partial charge in [-0.2, -0.15) is 0 Å². The number of fused-ring (bicyclic) bond motifs is 1. The van der Waals surface area contributed by atoms with Crippen molar-refractivity contribution in [2.75, 3.05) is 18.0 Å². The van der Waals surface area contributed by atoms with Crippen LogP contribution in [0.15, 0.2) is 17.2 Å². The zero-order chi connectivity index (χ0) is 20.9. The second kappa shape index (κ2) is 7.89. The number of anilines is 1. The highest BCUT2D eigenvalue weighted by Gasteiger charge is 2.37. The molecule has 0 spiro atoms. The molecule has 0 radical (unpaired) electrons. The molecule has 0 aromatic carbocycles. The maximum Gasteiger partial charge on any atom is 0.291 e. The first-order valence-electron chi connectivity index (χ1n) is 9.96. The Kier molecular flexibility index (Phi) is 5.37. The molecule has 1 aliphatic carbocycles. The second-order valence-corrected chi connectivity index (χ2v) is 10.3. The number of nitrogens with one attached hydrogen (secondary N) is 1. The van der Waals surface area contributed by atoms with Crippen LogP contribution in [0.1, 0.15) is 50.5 Å². The van der Waals surface area contributed by atoms with E-state index in [1.54, 1.807) is 11.9 Å². The van der Waals surface area contributed by atoms with Gasteiger partial charge in [-0.3, -0.25) is 9.12 Å². The van der Waals surface area contributed by atoms with Gasteiger partial charge in [0.15, 0.2) is 21.0 Å². The van der Waals surface area contributed by atoms with Crippen LogP contribution in [0.4, 0.5) is 14.5 Å². The molecule has 1 N–H and O–H groups in total. The summed E-state index contributed by atoms with van der Waals surface area (Å²) in [4.78, 5) is 7.84. The van der Waals surface area contributed by atoms with Crippen molar-refractivity contribution in [3.63, 3.8) is 0 Å². The highest BCUT2D eigenvalue weighted by molar-refractivity contribution is 7.97. The smallest absolute Gasteiger partial charge is 0.291 e. The molecule has 5 rings (SSSR count). The van der Waals surface area contributed by atoms with E-state index >= 15 is 0 Å². The Hall–Kier alpha value is -1.49. The van der Waals surface area contributed by atoms with Crippen LogP contribution in [0.3, 0.4) is 0 Å². The largest absolute Gasteiger partial charge is 0.370 e. The van der Waals surface area contributed by atoms with Gasteiger partial charge in [-0.25, -0.2) is 13.8 Å². The van der Waals surface area contributed by atoms with E-state index in [0.717, 1.165) is 66.2 Å². The molecule has 0 atom stereocenters. The molecule has 3 aromatic heterocycles. The minimum absolute atomic E-state index is 0.172. The van der Waals surface area contributed by atoms with Gasteiger partial charge in [0.2, 0.25) is 0 Å². The van der Waals surface area contributed by atoms with Crippen LogP contribution in [-0.2, 0) is 0 Å². The summed E-state index contributed by atoms with van der Waals surface area (Å²) in [7, 11) is 0. The third-order valence-electron chi connectivity index (χ3n) is 5.58. The summed E-state index contributed by atoms with van der Waals surface area (Å²) in [5, 5.41) is 7.93. The number of aromatic nitrogens is 4. The average molecular weight is 471 g/mol. The maximum absolute atomic E-state index is 13.0. The van der Waals surface area contributed by atoms with Crippen molar-refractivity contribution in [2.45, 2.75) is 55.9 Å². The summed E-state index contributed by atoms with van der Waals surface area (Å²) < 4.78 is 31.5. The van der Waals surface area contributed by atoms with Gasteiger partial charge < -0.3 is 4.90 Å². The molecule has 160 valence electrons. The predicted octanol–water partition coefficient (Wildman–Crippen LogP) is 5.58. The highest BCUT2D eigenvalue weighted by Crippen LogP contribution is 2.41. The van der Waals surface area contributed by atoms with E-state index in [1.165, 1.54) is 6.42 Å². The number of piperidine rings is 1. The molecule has 2 aliphatic rings. The molecular weight excluding hydrogens is 450 g/mol. The summed E-state index contributed by atoms with van der Waals surface area (Å²) >= 11 is 8.99. The van der Waals surface area contributed by atoms with Crippen LogP contribution in [0.5, 0.6) is 0 Å². The van der Waals surface area contributed by atoms with Gasteiger partial charge in [-0.05, 0) is 57.0 Å². The molecule has 0 bridgehead atoms. The van der Waals surface area contributed by atoms with E-state index in [4.69, 9.17) is 11.6 Å². The van der Waals surface area contributed by atoms with Gasteiger partial charge in [0.05, 0.1) is 5.69 Å². The van der Waals surface area contributed by atoms with E-state index in [2.05, 4.69) is 37.8 Å². The lowest BCUT2D eigenvalue weighted by atomic mass is 10.1. The normalized spacial score (nSPS) is 18.5. The van der Waals surface area contributed by atoms with Gasteiger partial charge in [0.25, 0.3) is 6.43 Å². The number of pyridine rings is 1. The molecule has 1 saturated carbocycles. The lowest BCUT2D eigenvalue weighted by molar-refractivity contribution is 0.150. The fourth-order valence-corrected chi connectivity index (χ4v) is 5.45. The van der Waals surface area contributed by atoms with Gasteiger partial charge in [0, 0.05) is 29.7 Å². The Morgan fingerprint density at radius 3 is 2.67 bits per heavy atom. The van der Waals surface area contributed by atoms with Gasteiger partial charge >= 0.3 is 0 Å². The van der Waals surface area contributed by atoms with Crippen LogP contribution in [0, 0.1) is 0 Å². The van der Waals surface area contributed by atoms with Crippen molar-refractivity contribution in [3.8, 4) is 10.8 Å². The fraction of sp³-hybridized carbons (Fsp3) is 0.526. The van der Waals surface area contributed by atoms with Gasteiger partial charge in [-0.15, -0.1) is 10.2 Å². The van der Waals surface area contributed by atoms with Crippen molar-refractivity contribution in [1.82, 2.24) is 24.3 Å². The van der Waals surface area contributed by atoms with Crippen molar-refractivity contribution in [1.29, 1.82) is 0 Å². The zero-order valence-corrected chi connectivity index (χ0v) is 18.8. The lowest BCUT2D eigenvalue weighted by Crippen LogP contribution is -2.30. The number of rotatable bonds is 6. The highest BCUT2D eigenvalue weighted by atomic mass is 35.5. The summed E-state index contributed by atoms with van der Waals surface area (Å²) in [6.45, 7) is 4.12. The van der Waals surface area contributed by atoms with Gasteiger partial charge in [-0.1, -0.05) is 22.9 Å². The number of hydrogen-bond donors (Lipinski definition) is 1. The molecule has 6 nitrogen and oxygen atoms in total. The molecular formula is C19H21ClF2N6S2. The van der Waals surface area contributed by atoms with E-state index in [0.29, 0.717) is 16.0 Å². The number of imidazole rings is 1. The molecule has 1 aliphatic heterocycles. The van der Waals surface area contributed by atoms with Crippen molar-refractivity contribution in [3.05, 3.63) is 22.4 Å². The standard InChI is InChI=1S/C19H21ClF2N6S2/c1-19(5-6-19)26-30-11-9-12(27-7-3-2-4-8-27)13-14(20)23-16(28(13)10-11)18-25-24-17(29-18)15(21)22/h9-10,15,26H,2-8H2,1H3. The Bertz CT molecular complexity index is 1070. The molecule has 0 unspecified atom stereocenters. The van der Waals surface area contributed by atoms with Crippen LogP contribution in [0.2, 0.25) is 5.15 Å². The minimum atomic E-state index is -2.66. The molecule has 4 heterocycles. The van der Waals surface area contributed by atoms with Crippen molar-refractivity contribution < 1.29 is 8.78 Å². The minimum Gasteiger partial charge on any atom is -0.370 e. The predicted molar refractivity (Wildman–Crippen MR) is 117 cm³/mol. The third kappa shape index (κ3) is 3.90. The molecule has 1 saturated heterocycles. The summed E-state index contributed by atoms with van der Waals surface area (Å²) in [6.07, 6.45) is 5.09. The van der Waals surface area contributed by atoms with Crippen molar-refractivity contribution >= 4 is 46.1 Å². The Balaban J connectivity index is 1.61. The van der Waals surface area contributed by atoms with Gasteiger partial charge in [0.1, 0.15) is 5.52 Å².